The SMILES string of the molecule is COCCNCc1cc(Br)ccc1N1CCNC(=O)CC1. The zero-order chi connectivity index (χ0) is 15.1. The second-order valence-electron chi connectivity index (χ2n) is 5.03. The van der Waals surface area contributed by atoms with Gasteiger partial charge in [0.1, 0.15) is 0 Å². The predicted molar refractivity (Wildman–Crippen MR) is 87.6 cm³/mol. The number of ether oxygens (including phenoxy) is 1. The van der Waals surface area contributed by atoms with E-state index in [1.807, 2.05) is 6.07 Å². The van der Waals surface area contributed by atoms with Gasteiger partial charge in [-0.3, -0.25) is 4.79 Å². The fraction of sp³-hybridized carbons (Fsp3) is 0.533. The lowest BCUT2D eigenvalue weighted by atomic mass is 10.1. The van der Waals surface area contributed by atoms with E-state index in [1.165, 1.54) is 11.3 Å². The van der Waals surface area contributed by atoms with Crippen molar-refractivity contribution >= 4 is 27.5 Å². The highest BCUT2D eigenvalue weighted by Crippen LogP contribution is 2.25. The van der Waals surface area contributed by atoms with Gasteiger partial charge in [0.05, 0.1) is 6.61 Å². The maximum atomic E-state index is 11.5. The summed E-state index contributed by atoms with van der Waals surface area (Å²) in [6.07, 6.45) is 0.548. The molecule has 0 unspecified atom stereocenters. The van der Waals surface area contributed by atoms with E-state index >= 15 is 0 Å². The second-order valence-corrected chi connectivity index (χ2v) is 5.95. The Morgan fingerprint density at radius 3 is 3.10 bits per heavy atom. The van der Waals surface area contributed by atoms with Crippen molar-refractivity contribution in [1.29, 1.82) is 0 Å². The first-order chi connectivity index (χ1) is 10.2. The van der Waals surface area contributed by atoms with Crippen LogP contribution in [0.3, 0.4) is 0 Å². The summed E-state index contributed by atoms with van der Waals surface area (Å²) < 4.78 is 6.12. The number of hydrogen-bond donors (Lipinski definition) is 2. The van der Waals surface area contributed by atoms with E-state index in [1.54, 1.807) is 7.11 Å². The van der Waals surface area contributed by atoms with Gasteiger partial charge in [-0.15, -0.1) is 0 Å². The topological polar surface area (TPSA) is 53.6 Å². The Morgan fingerprint density at radius 1 is 1.43 bits per heavy atom. The largest absolute Gasteiger partial charge is 0.383 e. The maximum absolute atomic E-state index is 11.5. The van der Waals surface area contributed by atoms with Gasteiger partial charge in [-0.25, -0.2) is 0 Å². The van der Waals surface area contributed by atoms with Gasteiger partial charge in [0.2, 0.25) is 5.91 Å². The highest BCUT2D eigenvalue weighted by Gasteiger charge is 2.16. The van der Waals surface area contributed by atoms with Crippen molar-refractivity contribution in [2.24, 2.45) is 0 Å². The minimum Gasteiger partial charge on any atom is -0.383 e. The minimum absolute atomic E-state index is 0.134. The molecular formula is C15H22BrN3O2. The number of rotatable bonds is 6. The van der Waals surface area contributed by atoms with E-state index in [0.717, 1.165) is 30.7 Å². The first-order valence-electron chi connectivity index (χ1n) is 7.20. The average molecular weight is 356 g/mol. The first-order valence-corrected chi connectivity index (χ1v) is 7.99. The molecule has 5 nitrogen and oxygen atoms in total. The summed E-state index contributed by atoms with van der Waals surface area (Å²) in [5.74, 6) is 0.134. The fourth-order valence-corrected chi connectivity index (χ4v) is 2.82. The molecule has 0 radical (unpaired) electrons. The van der Waals surface area contributed by atoms with Crippen molar-refractivity contribution < 1.29 is 9.53 Å². The summed E-state index contributed by atoms with van der Waals surface area (Å²) in [7, 11) is 1.70. The van der Waals surface area contributed by atoms with E-state index in [0.29, 0.717) is 19.6 Å². The third-order valence-corrected chi connectivity index (χ3v) is 3.99. The molecule has 2 rings (SSSR count). The van der Waals surface area contributed by atoms with Crippen LogP contribution in [0.4, 0.5) is 5.69 Å². The normalized spacial score (nSPS) is 15.7. The Kier molecular flexibility index (Phi) is 6.48. The van der Waals surface area contributed by atoms with Crippen molar-refractivity contribution in [3.05, 3.63) is 28.2 Å². The zero-order valence-corrected chi connectivity index (χ0v) is 13.9. The van der Waals surface area contributed by atoms with Crippen LogP contribution in [0.5, 0.6) is 0 Å². The summed E-state index contributed by atoms with van der Waals surface area (Å²) in [5.41, 5.74) is 2.43. The number of methoxy groups -OCH3 is 1. The molecule has 6 heteroatoms. The van der Waals surface area contributed by atoms with Crippen LogP contribution in [0.15, 0.2) is 22.7 Å². The molecule has 2 N–H and O–H groups in total. The molecule has 1 aliphatic heterocycles. The van der Waals surface area contributed by atoms with Crippen LogP contribution in [-0.2, 0) is 16.1 Å². The van der Waals surface area contributed by atoms with E-state index in [-0.39, 0.29) is 5.91 Å². The Bertz CT molecular complexity index is 482. The Labute approximate surface area is 134 Å². The Balaban J connectivity index is 2.08. The number of amides is 1. The molecule has 1 aromatic rings. The standard InChI is InChI=1S/C15H22BrN3O2/c1-21-9-6-17-11-12-10-13(16)2-3-14(12)19-7-4-15(20)18-5-8-19/h2-3,10,17H,4-9,11H2,1H3,(H,18,20). The van der Waals surface area contributed by atoms with Crippen LogP contribution in [-0.4, -0.2) is 45.8 Å². The molecule has 116 valence electrons. The van der Waals surface area contributed by atoms with E-state index < -0.39 is 0 Å². The van der Waals surface area contributed by atoms with Crippen LogP contribution >= 0.6 is 15.9 Å². The lowest BCUT2D eigenvalue weighted by molar-refractivity contribution is -0.120. The van der Waals surface area contributed by atoms with Gasteiger partial charge >= 0.3 is 0 Å². The molecule has 21 heavy (non-hydrogen) atoms. The van der Waals surface area contributed by atoms with Gasteiger partial charge in [0.25, 0.3) is 0 Å². The Hall–Kier alpha value is -1.11. The van der Waals surface area contributed by atoms with E-state index in [2.05, 4.69) is 43.6 Å². The highest BCUT2D eigenvalue weighted by molar-refractivity contribution is 9.10. The zero-order valence-electron chi connectivity index (χ0n) is 12.3. The maximum Gasteiger partial charge on any atom is 0.221 e. The minimum atomic E-state index is 0.134. The number of nitrogens with zero attached hydrogens (tertiary/aromatic N) is 1. The molecule has 1 aromatic carbocycles. The van der Waals surface area contributed by atoms with Crippen LogP contribution in [0, 0.1) is 0 Å². The van der Waals surface area contributed by atoms with Gasteiger partial charge in [-0.05, 0) is 23.8 Å². The molecular weight excluding hydrogens is 334 g/mol. The van der Waals surface area contributed by atoms with Crippen molar-refractivity contribution in [3.63, 3.8) is 0 Å². The summed E-state index contributed by atoms with van der Waals surface area (Å²) in [6, 6.07) is 6.30. The number of nitrogens with one attached hydrogen (secondary N) is 2. The quantitative estimate of drug-likeness (QED) is 0.759. The summed E-state index contributed by atoms with van der Waals surface area (Å²) in [4.78, 5) is 13.7. The third-order valence-electron chi connectivity index (χ3n) is 3.49. The van der Waals surface area contributed by atoms with Crippen LogP contribution in [0.25, 0.3) is 0 Å². The van der Waals surface area contributed by atoms with E-state index in [9.17, 15) is 4.79 Å². The third kappa shape index (κ3) is 4.98. The molecule has 0 spiro atoms. The predicted octanol–water partition coefficient (Wildman–Crippen LogP) is 1.51. The van der Waals surface area contributed by atoms with Gasteiger partial charge < -0.3 is 20.3 Å². The Morgan fingerprint density at radius 2 is 2.29 bits per heavy atom. The van der Waals surface area contributed by atoms with Crippen LogP contribution < -0.4 is 15.5 Å². The first kappa shape index (κ1) is 16.3. The smallest absolute Gasteiger partial charge is 0.221 e. The number of carbonyl (C=O) groups is 1. The molecule has 1 aliphatic rings. The molecule has 0 saturated carbocycles. The second kappa shape index (κ2) is 8.36. The summed E-state index contributed by atoms with van der Waals surface area (Å²) in [5, 5.41) is 6.29. The van der Waals surface area contributed by atoms with E-state index in [4.69, 9.17) is 4.74 Å². The molecule has 1 saturated heterocycles. The summed E-state index contributed by atoms with van der Waals surface area (Å²) >= 11 is 3.53. The number of anilines is 1. The molecule has 0 aromatic heterocycles. The fourth-order valence-electron chi connectivity index (χ4n) is 2.41. The van der Waals surface area contributed by atoms with Crippen LogP contribution in [0.1, 0.15) is 12.0 Å². The van der Waals surface area contributed by atoms with Gasteiger partial charge in [-0.1, -0.05) is 15.9 Å². The lowest BCUT2D eigenvalue weighted by Gasteiger charge is -2.25. The molecule has 0 atom stereocenters. The average Bonchev–Trinajstić information content (AvgIpc) is 2.69. The molecule has 0 aliphatic carbocycles. The monoisotopic (exact) mass is 355 g/mol. The molecule has 1 fully saturated rings. The van der Waals surface area contributed by atoms with Crippen molar-refractivity contribution in [3.8, 4) is 0 Å². The number of carbonyl (C=O) groups excluding carboxylic acids is 1. The van der Waals surface area contributed by atoms with Gasteiger partial charge in [0.15, 0.2) is 0 Å². The number of benzene rings is 1. The van der Waals surface area contributed by atoms with Crippen molar-refractivity contribution in [1.82, 2.24) is 10.6 Å². The lowest BCUT2D eigenvalue weighted by Crippen LogP contribution is -2.30. The van der Waals surface area contributed by atoms with Gasteiger partial charge in [0, 0.05) is 56.4 Å². The van der Waals surface area contributed by atoms with Crippen molar-refractivity contribution in [2.45, 2.75) is 13.0 Å². The molecule has 1 heterocycles. The highest BCUT2D eigenvalue weighted by atomic mass is 79.9. The van der Waals surface area contributed by atoms with Crippen LogP contribution in [0.2, 0.25) is 0 Å². The molecule has 1 amide bonds. The number of halogens is 1. The van der Waals surface area contributed by atoms with Gasteiger partial charge in [-0.2, -0.15) is 0 Å². The number of hydrogen-bond acceptors (Lipinski definition) is 4. The molecule has 0 bridgehead atoms. The van der Waals surface area contributed by atoms with Crippen molar-refractivity contribution in [2.75, 3.05) is 44.8 Å². The summed E-state index contributed by atoms with van der Waals surface area (Å²) in [6.45, 7) is 4.62.